The van der Waals surface area contributed by atoms with E-state index in [1.54, 1.807) is 25.6 Å². The zero-order valence-corrected chi connectivity index (χ0v) is 10.5. The molecule has 0 aliphatic carbocycles. The van der Waals surface area contributed by atoms with Crippen molar-refractivity contribution >= 4 is 21.8 Å². The van der Waals surface area contributed by atoms with Gasteiger partial charge in [0.15, 0.2) is 0 Å². The van der Waals surface area contributed by atoms with Gasteiger partial charge >= 0.3 is 0 Å². The van der Waals surface area contributed by atoms with Crippen molar-refractivity contribution < 1.29 is 9.90 Å². The Morgan fingerprint density at radius 3 is 2.73 bits per heavy atom. The number of rotatable bonds is 3. The summed E-state index contributed by atoms with van der Waals surface area (Å²) in [6.45, 7) is 3.38. The van der Waals surface area contributed by atoms with Crippen LogP contribution in [0.3, 0.4) is 0 Å². The zero-order valence-electron chi connectivity index (χ0n) is 8.91. The largest absolute Gasteiger partial charge is 0.394 e. The molecule has 1 amide bonds. The van der Waals surface area contributed by atoms with E-state index in [4.69, 9.17) is 5.11 Å². The lowest BCUT2D eigenvalue weighted by atomic mass is 10.1. The summed E-state index contributed by atoms with van der Waals surface area (Å²) in [4.78, 5) is 11.7. The first-order chi connectivity index (χ1) is 6.87. The Labute approximate surface area is 96.6 Å². The average molecular weight is 276 g/mol. The second-order valence-corrected chi connectivity index (χ2v) is 4.72. The molecule has 2 N–H and O–H groups in total. The maximum absolute atomic E-state index is 11.7. The number of hydrogen-bond acceptors (Lipinski definition) is 3. The third-order valence-electron chi connectivity index (χ3n) is 1.96. The molecule has 0 atom stereocenters. The summed E-state index contributed by atoms with van der Waals surface area (Å²) < 4.78 is 2.18. The van der Waals surface area contributed by atoms with Crippen LogP contribution in [0.25, 0.3) is 0 Å². The summed E-state index contributed by atoms with van der Waals surface area (Å²) in [5.74, 6) is -0.256. The van der Waals surface area contributed by atoms with Crippen LogP contribution in [0.2, 0.25) is 0 Å². The molecule has 0 aliphatic rings. The van der Waals surface area contributed by atoms with Crippen molar-refractivity contribution in [2.45, 2.75) is 19.4 Å². The maximum atomic E-state index is 11.7. The van der Waals surface area contributed by atoms with E-state index in [-0.39, 0.29) is 12.5 Å². The Balaban J connectivity index is 2.83. The molecule has 5 nitrogen and oxygen atoms in total. The second kappa shape index (κ2) is 4.32. The number of amides is 1. The predicted molar refractivity (Wildman–Crippen MR) is 59.5 cm³/mol. The highest BCUT2D eigenvalue weighted by Gasteiger charge is 2.22. The molecule has 0 aromatic carbocycles. The Kier molecular flexibility index (Phi) is 3.51. The van der Waals surface area contributed by atoms with Crippen molar-refractivity contribution in [2.75, 3.05) is 6.61 Å². The minimum Gasteiger partial charge on any atom is -0.394 e. The van der Waals surface area contributed by atoms with E-state index in [0.29, 0.717) is 10.2 Å². The topological polar surface area (TPSA) is 67.2 Å². The summed E-state index contributed by atoms with van der Waals surface area (Å²) >= 11 is 3.26. The average Bonchev–Trinajstić information content (AvgIpc) is 2.47. The van der Waals surface area contributed by atoms with E-state index in [1.807, 2.05) is 0 Å². The first kappa shape index (κ1) is 12.2. The van der Waals surface area contributed by atoms with Gasteiger partial charge in [-0.25, -0.2) is 0 Å². The van der Waals surface area contributed by atoms with Crippen LogP contribution in [-0.2, 0) is 7.05 Å². The quantitative estimate of drug-likeness (QED) is 0.853. The van der Waals surface area contributed by atoms with Crippen molar-refractivity contribution in [2.24, 2.45) is 7.05 Å². The lowest BCUT2D eigenvalue weighted by Crippen LogP contribution is -2.46. The third kappa shape index (κ3) is 2.79. The van der Waals surface area contributed by atoms with Gasteiger partial charge in [-0.3, -0.25) is 9.48 Å². The fourth-order valence-electron chi connectivity index (χ4n) is 0.989. The molecule has 1 rings (SSSR count). The van der Waals surface area contributed by atoms with Gasteiger partial charge < -0.3 is 10.4 Å². The van der Waals surface area contributed by atoms with Crippen LogP contribution < -0.4 is 5.32 Å². The molecule has 0 saturated carbocycles. The number of aliphatic hydroxyl groups excluding tert-OH is 1. The van der Waals surface area contributed by atoms with Crippen molar-refractivity contribution in [1.82, 2.24) is 15.1 Å². The van der Waals surface area contributed by atoms with E-state index >= 15 is 0 Å². The molecule has 1 heterocycles. The highest BCUT2D eigenvalue weighted by atomic mass is 79.9. The standard InChI is InChI=1S/C9H14BrN3O2/c1-9(2,5-14)12-8(15)6-4-11-13(3)7(6)10/h4,14H,5H2,1-3H3,(H,12,15). The number of carbonyl (C=O) groups excluding carboxylic acids is 1. The number of carbonyl (C=O) groups is 1. The van der Waals surface area contributed by atoms with Crippen LogP contribution in [-0.4, -0.2) is 32.9 Å². The molecule has 15 heavy (non-hydrogen) atoms. The summed E-state index contributed by atoms with van der Waals surface area (Å²) in [6.07, 6.45) is 1.48. The highest BCUT2D eigenvalue weighted by molar-refractivity contribution is 9.10. The zero-order chi connectivity index (χ0) is 11.6. The summed E-state index contributed by atoms with van der Waals surface area (Å²) in [6, 6.07) is 0. The molecule has 0 aliphatic heterocycles. The molecule has 0 unspecified atom stereocenters. The van der Waals surface area contributed by atoms with Crippen LogP contribution in [0.4, 0.5) is 0 Å². The lowest BCUT2D eigenvalue weighted by Gasteiger charge is -2.23. The van der Waals surface area contributed by atoms with E-state index in [1.165, 1.54) is 6.20 Å². The van der Waals surface area contributed by atoms with Gasteiger partial charge in [-0.15, -0.1) is 0 Å². The molecule has 0 bridgehead atoms. The normalized spacial score (nSPS) is 11.5. The fraction of sp³-hybridized carbons (Fsp3) is 0.556. The molecule has 1 aromatic rings. The first-order valence-electron chi connectivity index (χ1n) is 4.48. The van der Waals surface area contributed by atoms with Gasteiger partial charge in [0.1, 0.15) is 4.60 Å². The summed E-state index contributed by atoms with van der Waals surface area (Å²) in [5, 5.41) is 15.7. The monoisotopic (exact) mass is 275 g/mol. The number of hydrogen-bond donors (Lipinski definition) is 2. The predicted octanol–water partition coefficient (Wildman–Crippen LogP) is 0.683. The first-order valence-corrected chi connectivity index (χ1v) is 5.27. The summed E-state index contributed by atoms with van der Waals surface area (Å²) in [5.41, 5.74) is -0.175. The fourth-order valence-corrected chi connectivity index (χ4v) is 1.36. The van der Waals surface area contributed by atoms with Crippen molar-refractivity contribution in [3.05, 3.63) is 16.4 Å². The van der Waals surface area contributed by atoms with Crippen molar-refractivity contribution in [3.8, 4) is 0 Å². The number of nitrogens with one attached hydrogen (secondary N) is 1. The molecule has 0 spiro atoms. The van der Waals surface area contributed by atoms with Gasteiger partial charge in [0.2, 0.25) is 0 Å². The van der Waals surface area contributed by atoms with Crippen LogP contribution >= 0.6 is 15.9 Å². The molecule has 0 saturated heterocycles. The molecular formula is C9H14BrN3O2. The molecule has 0 radical (unpaired) electrons. The van der Waals surface area contributed by atoms with E-state index in [0.717, 1.165) is 0 Å². The maximum Gasteiger partial charge on any atom is 0.256 e. The van der Waals surface area contributed by atoms with Gasteiger partial charge in [0, 0.05) is 7.05 Å². The van der Waals surface area contributed by atoms with Gasteiger partial charge in [-0.1, -0.05) is 0 Å². The highest BCUT2D eigenvalue weighted by Crippen LogP contribution is 2.15. The lowest BCUT2D eigenvalue weighted by molar-refractivity contribution is 0.0868. The van der Waals surface area contributed by atoms with Crippen LogP contribution in [0.15, 0.2) is 10.8 Å². The number of nitrogens with zero attached hydrogens (tertiary/aromatic N) is 2. The molecule has 6 heteroatoms. The smallest absolute Gasteiger partial charge is 0.256 e. The third-order valence-corrected chi connectivity index (χ3v) is 2.90. The SMILES string of the molecule is Cn1ncc(C(=O)NC(C)(C)CO)c1Br. The van der Waals surface area contributed by atoms with Crippen molar-refractivity contribution in [3.63, 3.8) is 0 Å². The van der Waals surface area contributed by atoms with Gasteiger partial charge in [0.05, 0.1) is 23.9 Å². The van der Waals surface area contributed by atoms with E-state index in [2.05, 4.69) is 26.3 Å². The van der Waals surface area contributed by atoms with E-state index < -0.39 is 5.54 Å². The number of aromatic nitrogens is 2. The Bertz CT molecular complexity index is 373. The molecule has 1 aromatic heterocycles. The minimum absolute atomic E-state index is 0.114. The van der Waals surface area contributed by atoms with Crippen LogP contribution in [0.1, 0.15) is 24.2 Å². The van der Waals surface area contributed by atoms with Crippen molar-refractivity contribution in [1.29, 1.82) is 0 Å². The van der Waals surface area contributed by atoms with Gasteiger partial charge in [-0.05, 0) is 29.8 Å². The number of aliphatic hydroxyl groups is 1. The Morgan fingerprint density at radius 1 is 1.73 bits per heavy atom. The van der Waals surface area contributed by atoms with Crippen LogP contribution in [0, 0.1) is 0 Å². The van der Waals surface area contributed by atoms with Gasteiger partial charge in [-0.2, -0.15) is 5.10 Å². The second-order valence-electron chi connectivity index (χ2n) is 3.97. The molecular weight excluding hydrogens is 262 g/mol. The Hall–Kier alpha value is -0.880. The number of halogens is 1. The molecule has 84 valence electrons. The Morgan fingerprint density at radius 2 is 2.33 bits per heavy atom. The summed E-state index contributed by atoms with van der Waals surface area (Å²) in [7, 11) is 1.73. The number of aryl methyl sites for hydroxylation is 1. The minimum atomic E-state index is -0.633. The van der Waals surface area contributed by atoms with E-state index in [9.17, 15) is 4.79 Å². The van der Waals surface area contributed by atoms with Crippen LogP contribution in [0.5, 0.6) is 0 Å². The molecule has 0 fully saturated rings. The van der Waals surface area contributed by atoms with Gasteiger partial charge in [0.25, 0.3) is 5.91 Å².